The van der Waals surface area contributed by atoms with Crippen LogP contribution < -0.4 is 10.2 Å². The van der Waals surface area contributed by atoms with Crippen LogP contribution in [0.2, 0.25) is 0 Å². The Morgan fingerprint density at radius 2 is 2.11 bits per heavy atom. The monoisotopic (exact) mass is 256 g/mol. The summed E-state index contributed by atoms with van der Waals surface area (Å²) in [5.41, 5.74) is 2.67. The number of nitrogens with one attached hydrogen (secondary N) is 1. The maximum atomic E-state index is 4.43. The van der Waals surface area contributed by atoms with E-state index in [4.69, 9.17) is 0 Å². The largest absolute Gasteiger partial charge is 0.362 e. The fourth-order valence-electron chi connectivity index (χ4n) is 2.68. The van der Waals surface area contributed by atoms with Gasteiger partial charge in [-0.25, -0.2) is 4.98 Å². The molecule has 0 saturated carbocycles. The average molecular weight is 256 g/mol. The number of aromatic nitrogens is 2. The number of hydrogen-bond donors (Lipinski definition) is 1. The predicted octanol–water partition coefficient (Wildman–Crippen LogP) is 2.18. The van der Waals surface area contributed by atoms with Crippen molar-refractivity contribution in [3.63, 3.8) is 0 Å². The lowest BCUT2D eigenvalue weighted by Gasteiger charge is -2.32. The van der Waals surface area contributed by atoms with E-state index in [-0.39, 0.29) is 0 Å². The molecule has 1 N–H and O–H groups in total. The van der Waals surface area contributed by atoms with Crippen molar-refractivity contribution in [1.82, 2.24) is 14.9 Å². The molecule has 19 heavy (non-hydrogen) atoms. The number of imidazole rings is 1. The normalized spacial score (nSPS) is 16.2. The van der Waals surface area contributed by atoms with Crippen LogP contribution in [0, 0.1) is 0 Å². The van der Waals surface area contributed by atoms with Crippen LogP contribution in [-0.4, -0.2) is 23.1 Å². The molecule has 4 heteroatoms. The highest BCUT2D eigenvalue weighted by atomic mass is 15.2. The minimum absolute atomic E-state index is 0.359. The van der Waals surface area contributed by atoms with Crippen LogP contribution in [0.4, 0.5) is 5.69 Å². The van der Waals surface area contributed by atoms with E-state index in [1.165, 1.54) is 11.3 Å². The molecule has 2 heterocycles. The van der Waals surface area contributed by atoms with E-state index in [9.17, 15) is 0 Å². The van der Waals surface area contributed by atoms with E-state index in [2.05, 4.69) is 57.2 Å². The SMILES string of the molecule is CNC(C)c1ccccc1N1CCn2ccnc2C1. The lowest BCUT2D eigenvalue weighted by atomic mass is 10.0. The van der Waals surface area contributed by atoms with Gasteiger partial charge in [0.05, 0.1) is 6.54 Å². The van der Waals surface area contributed by atoms with Gasteiger partial charge in [-0.2, -0.15) is 0 Å². The molecule has 0 bridgehead atoms. The van der Waals surface area contributed by atoms with E-state index < -0.39 is 0 Å². The summed E-state index contributed by atoms with van der Waals surface area (Å²) in [5.74, 6) is 1.15. The molecule has 0 saturated heterocycles. The molecular formula is C15H20N4. The van der Waals surface area contributed by atoms with Crippen LogP contribution in [0.3, 0.4) is 0 Å². The number of benzene rings is 1. The van der Waals surface area contributed by atoms with Gasteiger partial charge in [0, 0.05) is 37.2 Å². The Hall–Kier alpha value is -1.81. The van der Waals surface area contributed by atoms with Gasteiger partial charge in [0.2, 0.25) is 0 Å². The first-order chi connectivity index (χ1) is 9.29. The topological polar surface area (TPSA) is 33.1 Å². The quantitative estimate of drug-likeness (QED) is 0.913. The molecule has 0 amide bonds. The van der Waals surface area contributed by atoms with Gasteiger partial charge in [-0.3, -0.25) is 0 Å². The number of rotatable bonds is 3. The summed E-state index contributed by atoms with van der Waals surface area (Å²) in [6.07, 6.45) is 3.95. The molecule has 1 atom stereocenters. The van der Waals surface area contributed by atoms with Crippen molar-refractivity contribution in [2.45, 2.75) is 26.1 Å². The van der Waals surface area contributed by atoms with Crippen molar-refractivity contribution in [3.05, 3.63) is 48.0 Å². The number of nitrogens with zero attached hydrogens (tertiary/aromatic N) is 3. The molecule has 0 fully saturated rings. The molecule has 1 aliphatic rings. The Kier molecular flexibility index (Phi) is 3.25. The molecule has 1 unspecified atom stereocenters. The van der Waals surface area contributed by atoms with E-state index in [1.54, 1.807) is 0 Å². The Labute approximate surface area is 114 Å². The Balaban J connectivity index is 1.91. The smallest absolute Gasteiger partial charge is 0.128 e. The molecule has 1 aromatic carbocycles. The second kappa shape index (κ2) is 5.05. The Morgan fingerprint density at radius 3 is 2.95 bits per heavy atom. The minimum atomic E-state index is 0.359. The molecule has 1 aliphatic heterocycles. The first-order valence-corrected chi connectivity index (χ1v) is 6.80. The van der Waals surface area contributed by atoms with Gasteiger partial charge in [0.25, 0.3) is 0 Å². The van der Waals surface area contributed by atoms with Crippen LogP contribution in [0.15, 0.2) is 36.7 Å². The van der Waals surface area contributed by atoms with Gasteiger partial charge in [-0.05, 0) is 25.6 Å². The zero-order chi connectivity index (χ0) is 13.2. The summed E-state index contributed by atoms with van der Waals surface area (Å²) in [4.78, 5) is 6.85. The molecular weight excluding hydrogens is 236 g/mol. The number of anilines is 1. The summed E-state index contributed by atoms with van der Waals surface area (Å²) < 4.78 is 2.24. The Morgan fingerprint density at radius 1 is 1.26 bits per heavy atom. The minimum Gasteiger partial charge on any atom is -0.362 e. The number of hydrogen-bond acceptors (Lipinski definition) is 3. The molecule has 100 valence electrons. The van der Waals surface area contributed by atoms with E-state index >= 15 is 0 Å². The lowest BCUT2D eigenvalue weighted by Crippen LogP contribution is -2.34. The average Bonchev–Trinajstić information content (AvgIpc) is 2.93. The summed E-state index contributed by atoms with van der Waals surface area (Å²) in [6.45, 7) is 5.14. The predicted molar refractivity (Wildman–Crippen MR) is 77.2 cm³/mol. The van der Waals surface area contributed by atoms with Crippen LogP contribution in [0.25, 0.3) is 0 Å². The van der Waals surface area contributed by atoms with Crippen molar-refractivity contribution in [3.8, 4) is 0 Å². The second-order valence-electron chi connectivity index (χ2n) is 5.03. The lowest BCUT2D eigenvalue weighted by molar-refractivity contribution is 0.554. The third-order valence-corrected chi connectivity index (χ3v) is 3.92. The molecule has 1 aromatic heterocycles. The van der Waals surface area contributed by atoms with Crippen molar-refractivity contribution < 1.29 is 0 Å². The fourth-order valence-corrected chi connectivity index (χ4v) is 2.68. The maximum absolute atomic E-state index is 4.43. The third kappa shape index (κ3) is 2.24. The number of fused-ring (bicyclic) bond motifs is 1. The van der Waals surface area contributed by atoms with Crippen LogP contribution in [-0.2, 0) is 13.1 Å². The first kappa shape index (κ1) is 12.2. The van der Waals surface area contributed by atoms with Gasteiger partial charge in [-0.15, -0.1) is 0 Å². The highest BCUT2D eigenvalue weighted by Crippen LogP contribution is 2.28. The summed E-state index contributed by atoms with van der Waals surface area (Å²) >= 11 is 0. The van der Waals surface area contributed by atoms with Crippen molar-refractivity contribution in [1.29, 1.82) is 0 Å². The van der Waals surface area contributed by atoms with Gasteiger partial charge in [0.15, 0.2) is 0 Å². The Bertz CT molecular complexity index is 561. The molecule has 4 nitrogen and oxygen atoms in total. The highest BCUT2D eigenvalue weighted by molar-refractivity contribution is 5.55. The zero-order valence-corrected chi connectivity index (χ0v) is 11.5. The molecule has 2 aromatic rings. The van der Waals surface area contributed by atoms with E-state index in [0.717, 1.165) is 25.5 Å². The fraction of sp³-hybridized carbons (Fsp3) is 0.400. The summed E-state index contributed by atoms with van der Waals surface area (Å²) in [5, 5.41) is 3.33. The summed E-state index contributed by atoms with van der Waals surface area (Å²) in [6, 6.07) is 9.00. The second-order valence-corrected chi connectivity index (χ2v) is 5.03. The molecule has 0 radical (unpaired) electrons. The van der Waals surface area contributed by atoms with Crippen LogP contribution in [0.5, 0.6) is 0 Å². The van der Waals surface area contributed by atoms with Crippen LogP contribution in [0.1, 0.15) is 24.4 Å². The maximum Gasteiger partial charge on any atom is 0.128 e. The summed E-state index contributed by atoms with van der Waals surface area (Å²) in [7, 11) is 2.00. The zero-order valence-electron chi connectivity index (χ0n) is 11.5. The molecule has 0 spiro atoms. The molecule has 3 rings (SSSR count). The van der Waals surface area contributed by atoms with Gasteiger partial charge >= 0.3 is 0 Å². The molecule has 0 aliphatic carbocycles. The van der Waals surface area contributed by atoms with Crippen molar-refractivity contribution >= 4 is 5.69 Å². The standard InChI is InChI=1S/C15H20N4/c1-12(16-2)13-5-3-4-6-14(13)19-10-9-18-8-7-17-15(18)11-19/h3-8,12,16H,9-11H2,1-2H3. The van der Waals surface area contributed by atoms with Gasteiger partial charge in [-0.1, -0.05) is 18.2 Å². The highest BCUT2D eigenvalue weighted by Gasteiger charge is 2.20. The number of para-hydroxylation sites is 1. The first-order valence-electron chi connectivity index (χ1n) is 6.80. The van der Waals surface area contributed by atoms with E-state index in [1.807, 2.05) is 13.2 Å². The van der Waals surface area contributed by atoms with Gasteiger partial charge in [0.1, 0.15) is 5.82 Å². The van der Waals surface area contributed by atoms with Crippen molar-refractivity contribution in [2.75, 3.05) is 18.5 Å². The third-order valence-electron chi connectivity index (χ3n) is 3.92. The van der Waals surface area contributed by atoms with Gasteiger partial charge < -0.3 is 14.8 Å². The van der Waals surface area contributed by atoms with Crippen LogP contribution >= 0.6 is 0 Å². The van der Waals surface area contributed by atoms with Crippen molar-refractivity contribution in [2.24, 2.45) is 0 Å². The van der Waals surface area contributed by atoms with E-state index in [0.29, 0.717) is 6.04 Å².